The average molecular weight is 261 g/mol. The molecule has 19 heavy (non-hydrogen) atoms. The summed E-state index contributed by atoms with van der Waals surface area (Å²) in [6.07, 6.45) is 3.50. The van der Waals surface area contributed by atoms with Gasteiger partial charge in [0.25, 0.3) is 0 Å². The van der Waals surface area contributed by atoms with E-state index in [-0.39, 0.29) is 11.4 Å². The van der Waals surface area contributed by atoms with E-state index < -0.39 is 0 Å². The van der Waals surface area contributed by atoms with Gasteiger partial charge in [0.15, 0.2) is 5.96 Å². The lowest BCUT2D eigenvalue weighted by molar-refractivity contribution is 0.187. The minimum absolute atomic E-state index is 0.180. The smallest absolute Gasteiger partial charge is 0.192 e. The van der Waals surface area contributed by atoms with Crippen molar-refractivity contribution in [3.05, 3.63) is 35.6 Å². The Kier molecular flexibility index (Phi) is 2.96. The second-order valence-electron chi connectivity index (χ2n) is 5.62. The summed E-state index contributed by atoms with van der Waals surface area (Å²) < 4.78 is 13.1. The van der Waals surface area contributed by atoms with Crippen LogP contribution in [0, 0.1) is 11.7 Å². The molecule has 0 amide bonds. The van der Waals surface area contributed by atoms with Crippen molar-refractivity contribution in [3.8, 4) is 0 Å². The first kappa shape index (κ1) is 12.5. The lowest BCUT2D eigenvalue weighted by atomic mass is 9.86. The number of benzene rings is 1. The summed E-state index contributed by atoms with van der Waals surface area (Å²) in [5.74, 6) is 1.19. The molecule has 0 spiro atoms. The molecule has 1 atom stereocenters. The highest BCUT2D eigenvalue weighted by Crippen LogP contribution is 2.40. The van der Waals surface area contributed by atoms with Crippen molar-refractivity contribution in [3.63, 3.8) is 0 Å². The summed E-state index contributed by atoms with van der Waals surface area (Å²) >= 11 is 0. The maximum Gasteiger partial charge on any atom is 0.192 e. The number of guanidine groups is 1. The van der Waals surface area contributed by atoms with Gasteiger partial charge in [0.2, 0.25) is 0 Å². The van der Waals surface area contributed by atoms with Crippen molar-refractivity contribution in [1.82, 2.24) is 4.90 Å². The Hall–Kier alpha value is -1.58. The molecule has 4 heteroatoms. The molecule has 0 aromatic heterocycles. The predicted molar refractivity (Wildman–Crippen MR) is 74.3 cm³/mol. The first-order chi connectivity index (χ1) is 9.15. The maximum atomic E-state index is 13.1. The van der Waals surface area contributed by atoms with Crippen LogP contribution in [0.15, 0.2) is 29.3 Å². The second kappa shape index (κ2) is 4.51. The number of nitrogens with zero attached hydrogens (tertiary/aromatic N) is 2. The van der Waals surface area contributed by atoms with Crippen LogP contribution in [-0.4, -0.2) is 23.9 Å². The number of halogens is 1. The quantitative estimate of drug-likeness (QED) is 0.904. The largest absolute Gasteiger partial charge is 0.370 e. The maximum absolute atomic E-state index is 13.1. The zero-order valence-electron chi connectivity index (χ0n) is 11.3. The van der Waals surface area contributed by atoms with Gasteiger partial charge in [0.1, 0.15) is 5.82 Å². The number of aliphatic imine (C=N–C) groups is 1. The van der Waals surface area contributed by atoms with Crippen molar-refractivity contribution in [2.24, 2.45) is 16.6 Å². The Labute approximate surface area is 113 Å². The molecule has 1 aliphatic heterocycles. The van der Waals surface area contributed by atoms with Crippen molar-refractivity contribution < 1.29 is 4.39 Å². The summed E-state index contributed by atoms with van der Waals surface area (Å²) in [7, 11) is 0. The average Bonchev–Trinajstić information content (AvgIpc) is 3.18. The van der Waals surface area contributed by atoms with Crippen LogP contribution in [0.1, 0.15) is 31.7 Å². The van der Waals surface area contributed by atoms with Gasteiger partial charge in [-0.15, -0.1) is 0 Å². The Morgan fingerprint density at radius 2 is 2.05 bits per heavy atom. The molecular formula is C15H20FN3. The summed E-state index contributed by atoms with van der Waals surface area (Å²) in [5, 5.41) is 0. The summed E-state index contributed by atoms with van der Waals surface area (Å²) in [6.45, 7) is 3.80. The molecule has 2 aliphatic rings. The topological polar surface area (TPSA) is 41.6 Å². The van der Waals surface area contributed by atoms with Gasteiger partial charge in [0.05, 0.1) is 12.1 Å². The van der Waals surface area contributed by atoms with Crippen molar-refractivity contribution in [1.29, 1.82) is 0 Å². The van der Waals surface area contributed by atoms with Gasteiger partial charge in [-0.3, -0.25) is 4.99 Å². The molecule has 1 aliphatic carbocycles. The first-order valence-corrected chi connectivity index (χ1v) is 6.99. The van der Waals surface area contributed by atoms with Crippen LogP contribution in [0.4, 0.5) is 4.39 Å². The van der Waals surface area contributed by atoms with Gasteiger partial charge in [0, 0.05) is 6.54 Å². The Balaban J connectivity index is 1.94. The minimum atomic E-state index is -0.198. The molecule has 1 aromatic rings. The lowest BCUT2D eigenvalue weighted by Gasteiger charge is -2.39. The van der Waals surface area contributed by atoms with E-state index in [0.717, 1.165) is 24.4 Å². The van der Waals surface area contributed by atoms with E-state index in [1.807, 2.05) is 12.1 Å². The van der Waals surface area contributed by atoms with Gasteiger partial charge < -0.3 is 10.6 Å². The fraction of sp³-hybridized carbons (Fsp3) is 0.533. The van der Waals surface area contributed by atoms with Gasteiger partial charge in [-0.25, -0.2) is 4.39 Å². The number of hydrogen-bond acceptors (Lipinski definition) is 3. The predicted octanol–water partition coefficient (Wildman–Crippen LogP) is 2.47. The lowest BCUT2D eigenvalue weighted by Crippen LogP contribution is -2.49. The highest BCUT2D eigenvalue weighted by atomic mass is 19.1. The van der Waals surface area contributed by atoms with Crippen molar-refractivity contribution in [2.45, 2.75) is 31.7 Å². The van der Waals surface area contributed by atoms with Crippen LogP contribution < -0.4 is 5.73 Å². The van der Waals surface area contributed by atoms with Gasteiger partial charge in [-0.2, -0.15) is 0 Å². The highest BCUT2D eigenvalue weighted by Gasteiger charge is 2.44. The Morgan fingerprint density at radius 1 is 1.37 bits per heavy atom. The van der Waals surface area contributed by atoms with Gasteiger partial charge in [-0.1, -0.05) is 19.1 Å². The van der Waals surface area contributed by atoms with Crippen molar-refractivity contribution in [2.75, 3.05) is 13.1 Å². The molecule has 1 fully saturated rings. The van der Waals surface area contributed by atoms with Crippen LogP contribution >= 0.6 is 0 Å². The molecule has 0 saturated heterocycles. The highest BCUT2D eigenvalue weighted by molar-refractivity contribution is 5.81. The summed E-state index contributed by atoms with van der Waals surface area (Å²) in [6, 6.07) is 6.78. The van der Waals surface area contributed by atoms with E-state index >= 15 is 0 Å². The van der Waals surface area contributed by atoms with Crippen LogP contribution in [0.25, 0.3) is 0 Å². The number of nitrogens with two attached hydrogens (primary N) is 1. The fourth-order valence-corrected chi connectivity index (χ4v) is 2.94. The van der Waals surface area contributed by atoms with Gasteiger partial charge in [-0.05, 0) is 42.9 Å². The van der Waals surface area contributed by atoms with E-state index in [9.17, 15) is 4.39 Å². The monoisotopic (exact) mass is 261 g/mol. The zero-order valence-corrected chi connectivity index (χ0v) is 11.3. The molecule has 2 N–H and O–H groups in total. The molecule has 1 saturated carbocycles. The molecule has 1 unspecified atom stereocenters. The first-order valence-electron chi connectivity index (χ1n) is 6.99. The number of hydrogen-bond donors (Lipinski definition) is 1. The molecular weight excluding hydrogens is 241 g/mol. The summed E-state index contributed by atoms with van der Waals surface area (Å²) in [5.41, 5.74) is 7.01. The van der Waals surface area contributed by atoms with E-state index in [2.05, 4.69) is 16.8 Å². The number of rotatable bonds is 4. The molecule has 1 aromatic carbocycles. The molecule has 3 nitrogen and oxygen atoms in total. The zero-order chi connectivity index (χ0) is 13.5. The van der Waals surface area contributed by atoms with Gasteiger partial charge >= 0.3 is 0 Å². The van der Waals surface area contributed by atoms with Crippen LogP contribution in [0.5, 0.6) is 0 Å². The van der Waals surface area contributed by atoms with Crippen molar-refractivity contribution >= 4 is 5.96 Å². The normalized spacial score (nSPS) is 26.6. The van der Waals surface area contributed by atoms with E-state index in [4.69, 9.17) is 5.73 Å². The standard InChI is InChI=1S/C15H20FN3/c1-2-15(12-5-7-13(16)8-6-12)10-18-14(17)19(15)9-11-3-4-11/h5-8,11H,2-4,9-10H2,1H3,(H2,17,18). The second-order valence-corrected chi connectivity index (χ2v) is 5.62. The van der Waals surface area contributed by atoms with Crippen LogP contribution in [0.2, 0.25) is 0 Å². The van der Waals surface area contributed by atoms with E-state index in [0.29, 0.717) is 12.5 Å². The molecule has 0 radical (unpaired) electrons. The molecule has 3 rings (SSSR count). The minimum Gasteiger partial charge on any atom is -0.370 e. The van der Waals surface area contributed by atoms with E-state index in [1.54, 1.807) is 0 Å². The molecule has 102 valence electrons. The molecule has 0 bridgehead atoms. The molecule has 1 heterocycles. The third-order valence-electron chi connectivity index (χ3n) is 4.40. The Morgan fingerprint density at radius 3 is 2.63 bits per heavy atom. The van der Waals surface area contributed by atoms with E-state index in [1.165, 1.54) is 25.0 Å². The third kappa shape index (κ3) is 2.09. The fourth-order valence-electron chi connectivity index (χ4n) is 2.94. The Bertz CT molecular complexity index is 493. The SMILES string of the molecule is CCC1(c2ccc(F)cc2)CN=C(N)N1CC1CC1. The van der Waals surface area contributed by atoms with Crippen LogP contribution in [-0.2, 0) is 5.54 Å². The summed E-state index contributed by atoms with van der Waals surface area (Å²) in [4.78, 5) is 6.68. The third-order valence-corrected chi connectivity index (χ3v) is 4.40. The van der Waals surface area contributed by atoms with Crippen LogP contribution in [0.3, 0.4) is 0 Å².